The molecule has 0 aliphatic rings. The largest absolute Gasteiger partial charge is 0.362 e. The normalized spacial score (nSPS) is 11.1. The third-order valence-corrected chi connectivity index (χ3v) is 3.33. The zero-order valence-corrected chi connectivity index (χ0v) is 11.8. The number of aromatic nitrogens is 3. The van der Waals surface area contributed by atoms with E-state index in [-0.39, 0.29) is 5.78 Å². The molecule has 104 valence electrons. The van der Waals surface area contributed by atoms with Gasteiger partial charge in [-0.25, -0.2) is 0 Å². The van der Waals surface area contributed by atoms with E-state index in [4.69, 9.17) is 11.6 Å². The SMILES string of the molecule is O=C(/C=C/c1ccc[nH]1)c1[nH]ncc1-c1ccc(Cl)cc1. The van der Waals surface area contributed by atoms with E-state index in [2.05, 4.69) is 15.2 Å². The molecule has 2 heterocycles. The standard InChI is InChI=1S/C16H12ClN3O/c17-12-5-3-11(4-6-12)14-10-19-20-16(14)15(21)8-7-13-2-1-9-18-13/h1-10,18H,(H,19,20)/b8-7+. The van der Waals surface area contributed by atoms with E-state index in [9.17, 15) is 4.79 Å². The van der Waals surface area contributed by atoms with E-state index in [0.717, 1.165) is 16.8 Å². The van der Waals surface area contributed by atoms with Gasteiger partial charge in [0.2, 0.25) is 5.78 Å². The van der Waals surface area contributed by atoms with Crippen LogP contribution in [-0.2, 0) is 0 Å². The van der Waals surface area contributed by atoms with Crippen molar-refractivity contribution in [2.75, 3.05) is 0 Å². The summed E-state index contributed by atoms with van der Waals surface area (Å²) < 4.78 is 0. The average Bonchev–Trinajstić information content (AvgIpc) is 3.17. The molecule has 4 nitrogen and oxygen atoms in total. The molecule has 0 radical (unpaired) electrons. The molecule has 0 aliphatic carbocycles. The Labute approximate surface area is 126 Å². The highest BCUT2D eigenvalue weighted by atomic mass is 35.5. The lowest BCUT2D eigenvalue weighted by Gasteiger charge is -2.00. The van der Waals surface area contributed by atoms with E-state index >= 15 is 0 Å². The summed E-state index contributed by atoms with van der Waals surface area (Å²) in [5.41, 5.74) is 2.98. The van der Waals surface area contributed by atoms with Crippen molar-refractivity contribution in [1.29, 1.82) is 0 Å². The Morgan fingerprint density at radius 2 is 2.00 bits per heavy atom. The number of nitrogens with one attached hydrogen (secondary N) is 2. The van der Waals surface area contributed by atoms with Gasteiger partial charge in [0, 0.05) is 22.5 Å². The number of ketones is 1. The molecule has 0 spiro atoms. The van der Waals surface area contributed by atoms with Crippen LogP contribution in [0, 0.1) is 0 Å². The fraction of sp³-hybridized carbons (Fsp3) is 0. The molecule has 3 aromatic rings. The van der Waals surface area contributed by atoms with Gasteiger partial charge in [-0.3, -0.25) is 9.89 Å². The maximum absolute atomic E-state index is 12.3. The molecular weight excluding hydrogens is 286 g/mol. The second-order valence-corrected chi connectivity index (χ2v) is 4.93. The molecule has 0 aliphatic heterocycles. The van der Waals surface area contributed by atoms with Crippen molar-refractivity contribution in [3.8, 4) is 11.1 Å². The van der Waals surface area contributed by atoms with Crippen LogP contribution >= 0.6 is 11.6 Å². The smallest absolute Gasteiger partial charge is 0.204 e. The van der Waals surface area contributed by atoms with E-state index in [1.807, 2.05) is 24.3 Å². The van der Waals surface area contributed by atoms with Crippen molar-refractivity contribution in [3.05, 3.63) is 71.3 Å². The zero-order chi connectivity index (χ0) is 14.7. The number of carbonyl (C=O) groups excluding carboxylic acids is 1. The number of allylic oxidation sites excluding steroid dienone is 1. The van der Waals surface area contributed by atoms with Crippen LogP contribution in [0.15, 0.2) is 54.9 Å². The van der Waals surface area contributed by atoms with Crippen LogP contribution in [0.25, 0.3) is 17.2 Å². The van der Waals surface area contributed by atoms with Crippen LogP contribution < -0.4 is 0 Å². The number of rotatable bonds is 4. The number of nitrogens with zero attached hydrogens (tertiary/aromatic N) is 1. The predicted molar refractivity (Wildman–Crippen MR) is 83.2 cm³/mol. The van der Waals surface area contributed by atoms with Gasteiger partial charge in [-0.05, 0) is 42.0 Å². The average molecular weight is 298 g/mol. The molecule has 2 N–H and O–H groups in total. The lowest BCUT2D eigenvalue weighted by molar-refractivity contribution is 0.104. The highest BCUT2D eigenvalue weighted by molar-refractivity contribution is 6.30. The van der Waals surface area contributed by atoms with E-state index in [1.54, 1.807) is 30.6 Å². The molecule has 21 heavy (non-hydrogen) atoms. The highest BCUT2D eigenvalue weighted by Gasteiger charge is 2.13. The van der Waals surface area contributed by atoms with Crippen LogP contribution in [-0.4, -0.2) is 21.0 Å². The minimum Gasteiger partial charge on any atom is -0.362 e. The number of hydrogen-bond donors (Lipinski definition) is 2. The molecule has 0 fully saturated rings. The van der Waals surface area contributed by atoms with Crippen LogP contribution in [0.1, 0.15) is 16.2 Å². The van der Waals surface area contributed by atoms with Crippen molar-refractivity contribution in [2.24, 2.45) is 0 Å². The third-order valence-electron chi connectivity index (χ3n) is 3.08. The Morgan fingerprint density at radius 3 is 2.71 bits per heavy atom. The molecule has 1 aromatic carbocycles. The first-order chi connectivity index (χ1) is 10.2. The fourth-order valence-electron chi connectivity index (χ4n) is 2.02. The Bertz CT molecular complexity index is 770. The first kappa shape index (κ1) is 13.4. The van der Waals surface area contributed by atoms with Gasteiger partial charge in [-0.2, -0.15) is 5.10 Å². The number of aromatic amines is 2. The molecule has 0 saturated heterocycles. The van der Waals surface area contributed by atoms with Crippen molar-refractivity contribution in [2.45, 2.75) is 0 Å². The second-order valence-electron chi connectivity index (χ2n) is 4.49. The fourth-order valence-corrected chi connectivity index (χ4v) is 2.14. The summed E-state index contributed by atoms with van der Waals surface area (Å²) in [4.78, 5) is 15.3. The molecule has 0 bridgehead atoms. The van der Waals surface area contributed by atoms with Gasteiger partial charge in [0.1, 0.15) is 5.69 Å². The number of carbonyl (C=O) groups is 1. The van der Waals surface area contributed by atoms with Crippen LogP contribution in [0.4, 0.5) is 0 Å². The summed E-state index contributed by atoms with van der Waals surface area (Å²) in [6, 6.07) is 11.0. The lowest BCUT2D eigenvalue weighted by atomic mass is 10.0. The Balaban J connectivity index is 1.88. The summed E-state index contributed by atoms with van der Waals surface area (Å²) >= 11 is 5.88. The highest BCUT2D eigenvalue weighted by Crippen LogP contribution is 2.24. The molecule has 3 rings (SSSR count). The predicted octanol–water partition coefficient (Wildman–Crippen LogP) is 3.95. The van der Waals surface area contributed by atoms with Gasteiger partial charge in [-0.1, -0.05) is 23.7 Å². The molecular formula is C16H12ClN3O. The number of H-pyrrole nitrogens is 2. The van der Waals surface area contributed by atoms with Crippen LogP contribution in [0.2, 0.25) is 5.02 Å². The number of hydrogen-bond acceptors (Lipinski definition) is 2. The summed E-state index contributed by atoms with van der Waals surface area (Å²) in [6.45, 7) is 0. The minimum absolute atomic E-state index is 0.132. The summed E-state index contributed by atoms with van der Waals surface area (Å²) in [5, 5.41) is 7.38. The van der Waals surface area contributed by atoms with E-state index < -0.39 is 0 Å². The van der Waals surface area contributed by atoms with E-state index in [1.165, 1.54) is 6.08 Å². The summed E-state index contributed by atoms with van der Waals surface area (Å²) in [7, 11) is 0. The summed E-state index contributed by atoms with van der Waals surface area (Å²) in [6.07, 6.45) is 6.69. The van der Waals surface area contributed by atoms with Crippen molar-refractivity contribution >= 4 is 23.5 Å². The molecule has 2 aromatic heterocycles. The van der Waals surface area contributed by atoms with Crippen LogP contribution in [0.3, 0.4) is 0 Å². The minimum atomic E-state index is -0.132. The zero-order valence-electron chi connectivity index (χ0n) is 11.0. The topological polar surface area (TPSA) is 61.5 Å². The quantitative estimate of drug-likeness (QED) is 0.566. The van der Waals surface area contributed by atoms with Crippen molar-refractivity contribution < 1.29 is 4.79 Å². The van der Waals surface area contributed by atoms with Gasteiger partial charge >= 0.3 is 0 Å². The first-order valence-corrected chi connectivity index (χ1v) is 6.77. The van der Waals surface area contributed by atoms with Gasteiger partial charge in [0.25, 0.3) is 0 Å². The monoisotopic (exact) mass is 297 g/mol. The molecule has 0 amide bonds. The lowest BCUT2D eigenvalue weighted by Crippen LogP contribution is -1.97. The maximum Gasteiger partial charge on any atom is 0.204 e. The molecule has 0 saturated carbocycles. The van der Waals surface area contributed by atoms with Gasteiger partial charge < -0.3 is 4.98 Å². The Kier molecular flexibility index (Phi) is 3.71. The third kappa shape index (κ3) is 2.95. The van der Waals surface area contributed by atoms with Crippen molar-refractivity contribution in [1.82, 2.24) is 15.2 Å². The number of halogens is 1. The summed E-state index contributed by atoms with van der Waals surface area (Å²) in [5.74, 6) is -0.132. The van der Waals surface area contributed by atoms with E-state index in [0.29, 0.717) is 10.7 Å². The Morgan fingerprint density at radius 1 is 1.19 bits per heavy atom. The first-order valence-electron chi connectivity index (χ1n) is 6.39. The Hall–Kier alpha value is -2.59. The van der Waals surface area contributed by atoms with Gasteiger partial charge in [0.05, 0.1) is 6.20 Å². The van der Waals surface area contributed by atoms with Crippen LogP contribution in [0.5, 0.6) is 0 Å². The maximum atomic E-state index is 12.3. The second kappa shape index (κ2) is 5.81. The van der Waals surface area contributed by atoms with Gasteiger partial charge in [0.15, 0.2) is 0 Å². The molecule has 5 heteroatoms. The van der Waals surface area contributed by atoms with Crippen molar-refractivity contribution in [3.63, 3.8) is 0 Å². The molecule has 0 atom stereocenters. The number of benzene rings is 1. The molecule has 0 unspecified atom stereocenters. The van der Waals surface area contributed by atoms with Gasteiger partial charge in [-0.15, -0.1) is 0 Å².